The minimum Gasteiger partial charge on any atom is -0.370 e. The van der Waals surface area contributed by atoms with Crippen LogP contribution >= 0.6 is 35.3 Å². The Bertz CT molecular complexity index is 432. The van der Waals surface area contributed by atoms with Gasteiger partial charge in [-0.15, -0.1) is 35.3 Å². The van der Waals surface area contributed by atoms with Crippen molar-refractivity contribution in [3.05, 3.63) is 22.4 Å². The normalized spacial score (nSPS) is 14.5. The van der Waals surface area contributed by atoms with Gasteiger partial charge >= 0.3 is 0 Å². The highest BCUT2D eigenvalue weighted by Gasteiger charge is 2.28. The van der Waals surface area contributed by atoms with Gasteiger partial charge in [0.15, 0.2) is 5.96 Å². The highest BCUT2D eigenvalue weighted by Crippen LogP contribution is 2.28. The summed E-state index contributed by atoms with van der Waals surface area (Å²) in [6, 6.07) is 4.13. The molecule has 7 heteroatoms. The highest BCUT2D eigenvalue weighted by atomic mass is 127. The SMILES string of the molecule is I.NC(=NCCc1cccs1)NCCNC(=O)C1CC1. The van der Waals surface area contributed by atoms with Crippen LogP contribution in [0.5, 0.6) is 0 Å². The Morgan fingerprint density at radius 2 is 2.15 bits per heavy atom. The Morgan fingerprint density at radius 3 is 2.80 bits per heavy atom. The van der Waals surface area contributed by atoms with E-state index in [1.807, 2.05) is 6.07 Å². The number of aliphatic imine (C=N–C) groups is 1. The van der Waals surface area contributed by atoms with E-state index in [0.717, 1.165) is 19.3 Å². The molecular formula is C13H21IN4OS. The fourth-order valence-corrected chi connectivity index (χ4v) is 2.36. The molecule has 1 aliphatic rings. The van der Waals surface area contributed by atoms with E-state index in [0.29, 0.717) is 25.6 Å². The Morgan fingerprint density at radius 1 is 1.40 bits per heavy atom. The van der Waals surface area contributed by atoms with Gasteiger partial charge in [-0.1, -0.05) is 6.07 Å². The smallest absolute Gasteiger partial charge is 0.223 e. The van der Waals surface area contributed by atoms with Gasteiger partial charge in [0.2, 0.25) is 5.91 Å². The molecule has 0 aromatic carbocycles. The van der Waals surface area contributed by atoms with E-state index in [9.17, 15) is 4.79 Å². The predicted octanol–water partition coefficient (Wildman–Crippen LogP) is 1.34. The van der Waals surface area contributed by atoms with Gasteiger partial charge in [0, 0.05) is 36.9 Å². The molecule has 1 aromatic heterocycles. The lowest BCUT2D eigenvalue weighted by molar-refractivity contribution is -0.122. The number of amides is 1. The molecule has 0 atom stereocenters. The molecule has 1 fully saturated rings. The molecule has 0 aliphatic heterocycles. The van der Waals surface area contributed by atoms with Crippen LogP contribution in [0.4, 0.5) is 0 Å². The fraction of sp³-hybridized carbons (Fsp3) is 0.538. The third-order valence-corrected chi connectivity index (χ3v) is 3.84. The van der Waals surface area contributed by atoms with E-state index in [-0.39, 0.29) is 35.8 Å². The zero-order chi connectivity index (χ0) is 13.5. The molecule has 0 bridgehead atoms. The molecule has 1 aliphatic carbocycles. The number of hydrogen-bond donors (Lipinski definition) is 3. The first-order valence-electron chi connectivity index (χ1n) is 6.59. The van der Waals surface area contributed by atoms with Gasteiger partial charge in [-0.05, 0) is 24.3 Å². The van der Waals surface area contributed by atoms with Crippen LogP contribution in [0.15, 0.2) is 22.5 Å². The number of nitrogens with zero attached hydrogens (tertiary/aromatic N) is 1. The summed E-state index contributed by atoms with van der Waals surface area (Å²) in [5.41, 5.74) is 5.73. The molecule has 0 unspecified atom stereocenters. The van der Waals surface area contributed by atoms with Crippen molar-refractivity contribution >= 4 is 47.2 Å². The minimum absolute atomic E-state index is 0. The maximum absolute atomic E-state index is 11.4. The number of guanidine groups is 1. The first kappa shape index (κ1) is 17.2. The molecule has 1 heterocycles. The second kappa shape index (κ2) is 9.17. The summed E-state index contributed by atoms with van der Waals surface area (Å²) >= 11 is 1.73. The molecule has 0 spiro atoms. The predicted molar refractivity (Wildman–Crippen MR) is 93.7 cm³/mol. The molecule has 0 radical (unpaired) electrons. The molecule has 0 saturated heterocycles. The monoisotopic (exact) mass is 408 g/mol. The lowest BCUT2D eigenvalue weighted by atomic mass is 10.3. The second-order valence-corrected chi connectivity index (χ2v) is 5.62. The highest BCUT2D eigenvalue weighted by molar-refractivity contribution is 14.0. The molecular weight excluding hydrogens is 387 g/mol. The van der Waals surface area contributed by atoms with E-state index < -0.39 is 0 Å². The van der Waals surface area contributed by atoms with E-state index in [1.165, 1.54) is 4.88 Å². The van der Waals surface area contributed by atoms with Crippen LogP contribution in [-0.2, 0) is 11.2 Å². The Labute approximate surface area is 140 Å². The minimum atomic E-state index is 0. The summed E-state index contributed by atoms with van der Waals surface area (Å²) in [4.78, 5) is 16.9. The maximum Gasteiger partial charge on any atom is 0.223 e. The maximum atomic E-state index is 11.4. The standard InChI is InChI=1S/C13H20N4OS.HI/c14-13(16-6-5-11-2-1-9-19-11)17-8-7-15-12(18)10-3-4-10;/h1-2,9-10H,3-8H2,(H,15,18)(H3,14,16,17);1H. The summed E-state index contributed by atoms with van der Waals surface area (Å²) in [6.45, 7) is 1.90. The van der Waals surface area contributed by atoms with Crippen LogP contribution in [0.3, 0.4) is 0 Å². The van der Waals surface area contributed by atoms with Crippen LogP contribution in [0.1, 0.15) is 17.7 Å². The number of hydrogen-bond acceptors (Lipinski definition) is 3. The molecule has 4 N–H and O–H groups in total. The number of halogens is 1. The van der Waals surface area contributed by atoms with Gasteiger partial charge in [0.25, 0.3) is 0 Å². The Kier molecular flexibility index (Phi) is 7.90. The van der Waals surface area contributed by atoms with E-state index in [1.54, 1.807) is 11.3 Å². The number of nitrogens with one attached hydrogen (secondary N) is 2. The zero-order valence-electron chi connectivity index (χ0n) is 11.3. The van der Waals surface area contributed by atoms with Crippen molar-refractivity contribution in [2.75, 3.05) is 19.6 Å². The third-order valence-electron chi connectivity index (χ3n) is 2.90. The summed E-state index contributed by atoms with van der Waals surface area (Å²) in [5, 5.41) is 7.92. The summed E-state index contributed by atoms with van der Waals surface area (Å²) in [7, 11) is 0. The quantitative estimate of drug-likeness (QED) is 0.276. The first-order valence-corrected chi connectivity index (χ1v) is 7.47. The second-order valence-electron chi connectivity index (χ2n) is 4.59. The van der Waals surface area contributed by atoms with Crippen molar-refractivity contribution in [2.24, 2.45) is 16.6 Å². The Balaban J connectivity index is 0.00000200. The van der Waals surface area contributed by atoms with Gasteiger partial charge in [0.05, 0.1) is 0 Å². The molecule has 1 amide bonds. The van der Waals surface area contributed by atoms with Crippen molar-refractivity contribution in [2.45, 2.75) is 19.3 Å². The van der Waals surface area contributed by atoms with E-state index in [4.69, 9.17) is 5.73 Å². The van der Waals surface area contributed by atoms with Gasteiger partial charge in [0.1, 0.15) is 0 Å². The fourth-order valence-electron chi connectivity index (χ4n) is 1.66. The van der Waals surface area contributed by atoms with Gasteiger partial charge in [-0.25, -0.2) is 0 Å². The number of carbonyl (C=O) groups excluding carboxylic acids is 1. The van der Waals surface area contributed by atoms with E-state index in [2.05, 4.69) is 27.1 Å². The van der Waals surface area contributed by atoms with Crippen molar-refractivity contribution < 1.29 is 4.79 Å². The lowest BCUT2D eigenvalue weighted by Gasteiger charge is -2.06. The van der Waals surface area contributed by atoms with Crippen molar-refractivity contribution in [3.63, 3.8) is 0 Å². The molecule has 1 saturated carbocycles. The van der Waals surface area contributed by atoms with E-state index >= 15 is 0 Å². The van der Waals surface area contributed by atoms with Gasteiger partial charge in [-0.2, -0.15) is 0 Å². The molecule has 2 rings (SSSR count). The van der Waals surface area contributed by atoms with Crippen LogP contribution in [0.25, 0.3) is 0 Å². The van der Waals surface area contributed by atoms with Crippen molar-refractivity contribution in [1.29, 1.82) is 0 Å². The molecule has 1 aromatic rings. The summed E-state index contributed by atoms with van der Waals surface area (Å²) in [5.74, 6) is 0.865. The Hall–Kier alpha value is -0.830. The number of nitrogens with two attached hydrogens (primary N) is 1. The number of carbonyl (C=O) groups is 1. The topological polar surface area (TPSA) is 79.5 Å². The zero-order valence-corrected chi connectivity index (χ0v) is 14.4. The first-order chi connectivity index (χ1) is 9.25. The van der Waals surface area contributed by atoms with Crippen molar-refractivity contribution in [3.8, 4) is 0 Å². The van der Waals surface area contributed by atoms with Crippen molar-refractivity contribution in [1.82, 2.24) is 10.6 Å². The van der Waals surface area contributed by atoms with Crippen LogP contribution in [0, 0.1) is 5.92 Å². The van der Waals surface area contributed by atoms with Crippen LogP contribution in [0.2, 0.25) is 0 Å². The largest absolute Gasteiger partial charge is 0.370 e. The van der Waals surface area contributed by atoms with Gasteiger partial charge < -0.3 is 16.4 Å². The lowest BCUT2D eigenvalue weighted by Crippen LogP contribution is -2.38. The van der Waals surface area contributed by atoms with Gasteiger partial charge in [-0.3, -0.25) is 9.79 Å². The molecule has 112 valence electrons. The number of thiophene rings is 1. The van der Waals surface area contributed by atoms with Crippen LogP contribution < -0.4 is 16.4 Å². The molecule has 20 heavy (non-hydrogen) atoms. The average molecular weight is 408 g/mol. The average Bonchev–Trinajstić information content (AvgIpc) is 3.13. The molecule has 5 nitrogen and oxygen atoms in total. The summed E-state index contributed by atoms with van der Waals surface area (Å²) < 4.78 is 0. The third kappa shape index (κ3) is 6.56. The summed E-state index contributed by atoms with van der Waals surface area (Å²) in [6.07, 6.45) is 2.98. The number of rotatable bonds is 7. The van der Waals surface area contributed by atoms with Crippen LogP contribution in [-0.4, -0.2) is 31.5 Å².